The summed E-state index contributed by atoms with van der Waals surface area (Å²) in [6.07, 6.45) is 1.81. The van der Waals surface area contributed by atoms with Crippen molar-refractivity contribution in [2.75, 3.05) is 33.4 Å². The number of hydrogen-bond donors (Lipinski definition) is 2. The normalized spacial score (nSPS) is 15.4. The molecule has 156 valence electrons. The molecule has 3 N–H and O–H groups in total. The number of phenolic OH excluding ortho intramolecular Hbond substituents is 1. The SMILES string of the molecule is CN(C)C(=O)CN(C)[C@H]1CCc2c(-c3noc(-c4ccc(O)c(N)c4)n3)cccc21. The summed E-state index contributed by atoms with van der Waals surface area (Å²) in [6, 6.07) is 11.1. The quantitative estimate of drug-likeness (QED) is 0.494. The van der Waals surface area contributed by atoms with Gasteiger partial charge in [-0.2, -0.15) is 4.98 Å². The van der Waals surface area contributed by atoms with E-state index in [9.17, 15) is 9.90 Å². The van der Waals surface area contributed by atoms with Crippen LogP contribution in [-0.2, 0) is 11.2 Å². The number of carbonyl (C=O) groups excluding carboxylic acids is 1. The number of amides is 1. The van der Waals surface area contributed by atoms with E-state index in [1.54, 1.807) is 31.1 Å². The number of anilines is 1. The number of aromatic hydroxyl groups is 1. The molecular formula is C22H25N5O3. The first kappa shape index (κ1) is 19.9. The van der Waals surface area contributed by atoms with Gasteiger partial charge in [0.05, 0.1) is 12.2 Å². The molecule has 0 bridgehead atoms. The minimum absolute atomic E-state index is 0.0160. The average molecular weight is 407 g/mol. The minimum atomic E-state index is 0.0160. The number of rotatable bonds is 5. The number of likely N-dealkylation sites (N-methyl/N-ethyl adjacent to an activating group) is 2. The third kappa shape index (κ3) is 3.61. The third-order valence-electron chi connectivity index (χ3n) is 5.60. The summed E-state index contributed by atoms with van der Waals surface area (Å²) in [7, 11) is 5.52. The number of carbonyl (C=O) groups is 1. The smallest absolute Gasteiger partial charge is 0.258 e. The second kappa shape index (κ2) is 7.79. The van der Waals surface area contributed by atoms with E-state index in [2.05, 4.69) is 21.1 Å². The van der Waals surface area contributed by atoms with E-state index in [0.29, 0.717) is 23.8 Å². The van der Waals surface area contributed by atoms with Gasteiger partial charge in [0.15, 0.2) is 0 Å². The lowest BCUT2D eigenvalue weighted by atomic mass is 10.0. The number of fused-ring (bicyclic) bond motifs is 1. The Balaban J connectivity index is 1.62. The lowest BCUT2D eigenvalue weighted by Gasteiger charge is -2.26. The van der Waals surface area contributed by atoms with Gasteiger partial charge >= 0.3 is 0 Å². The van der Waals surface area contributed by atoms with Gasteiger partial charge in [-0.05, 0) is 49.2 Å². The Kier molecular flexibility index (Phi) is 5.17. The summed E-state index contributed by atoms with van der Waals surface area (Å²) < 4.78 is 5.45. The molecule has 1 aliphatic rings. The van der Waals surface area contributed by atoms with Crippen LogP contribution in [0.25, 0.3) is 22.8 Å². The summed E-state index contributed by atoms with van der Waals surface area (Å²) in [4.78, 5) is 20.4. The summed E-state index contributed by atoms with van der Waals surface area (Å²) in [5.41, 5.74) is 9.99. The molecule has 0 spiro atoms. The molecule has 0 aliphatic heterocycles. The number of aromatic nitrogens is 2. The van der Waals surface area contributed by atoms with Crippen LogP contribution >= 0.6 is 0 Å². The van der Waals surface area contributed by atoms with Gasteiger partial charge in [0.2, 0.25) is 11.7 Å². The maximum atomic E-state index is 12.1. The summed E-state index contributed by atoms with van der Waals surface area (Å²) >= 11 is 0. The second-order valence-electron chi connectivity index (χ2n) is 7.83. The average Bonchev–Trinajstić information content (AvgIpc) is 3.37. The van der Waals surface area contributed by atoms with Crippen molar-refractivity contribution in [3.05, 3.63) is 47.5 Å². The number of nitrogens with two attached hydrogens (primary N) is 1. The molecule has 2 aromatic carbocycles. The van der Waals surface area contributed by atoms with Crippen LogP contribution < -0.4 is 5.73 Å². The molecule has 3 aromatic rings. The van der Waals surface area contributed by atoms with Gasteiger partial charge < -0.3 is 20.3 Å². The lowest BCUT2D eigenvalue weighted by Crippen LogP contribution is -2.35. The van der Waals surface area contributed by atoms with E-state index in [1.165, 1.54) is 17.2 Å². The summed E-state index contributed by atoms with van der Waals surface area (Å²) in [5, 5.41) is 13.8. The highest BCUT2D eigenvalue weighted by Gasteiger charge is 2.30. The fraction of sp³-hybridized carbons (Fsp3) is 0.318. The number of nitrogen functional groups attached to an aromatic ring is 1. The molecule has 0 unspecified atom stereocenters. The van der Waals surface area contributed by atoms with Crippen LogP contribution in [0.5, 0.6) is 5.75 Å². The van der Waals surface area contributed by atoms with E-state index < -0.39 is 0 Å². The van der Waals surface area contributed by atoms with Gasteiger partial charge in [-0.1, -0.05) is 23.4 Å². The van der Waals surface area contributed by atoms with Crippen LogP contribution in [0.1, 0.15) is 23.6 Å². The van der Waals surface area contributed by atoms with E-state index >= 15 is 0 Å². The Morgan fingerprint density at radius 3 is 2.80 bits per heavy atom. The minimum Gasteiger partial charge on any atom is -0.506 e. The summed E-state index contributed by atoms with van der Waals surface area (Å²) in [5.74, 6) is 0.957. The topological polar surface area (TPSA) is 109 Å². The fourth-order valence-corrected chi connectivity index (χ4v) is 3.90. The van der Waals surface area contributed by atoms with Gasteiger partial charge in [0.1, 0.15) is 5.75 Å². The fourth-order valence-electron chi connectivity index (χ4n) is 3.90. The van der Waals surface area contributed by atoms with Gasteiger partial charge in [0, 0.05) is 31.3 Å². The highest BCUT2D eigenvalue weighted by atomic mass is 16.5. The van der Waals surface area contributed by atoms with Crippen molar-refractivity contribution in [1.29, 1.82) is 0 Å². The van der Waals surface area contributed by atoms with Crippen molar-refractivity contribution in [1.82, 2.24) is 19.9 Å². The molecule has 0 saturated heterocycles. The molecule has 8 nitrogen and oxygen atoms in total. The van der Waals surface area contributed by atoms with Crippen molar-refractivity contribution in [2.24, 2.45) is 0 Å². The zero-order chi connectivity index (χ0) is 21.4. The molecule has 1 heterocycles. The molecule has 8 heteroatoms. The van der Waals surface area contributed by atoms with Crippen molar-refractivity contribution >= 4 is 11.6 Å². The molecule has 1 atom stereocenters. The standard InChI is InChI=1S/C22H25N5O3/c1-26(2)20(29)12-27(3)18-9-8-14-15(18)5-4-6-16(14)21-24-22(30-25-21)13-7-10-19(28)17(23)11-13/h4-7,10-11,18,28H,8-9,12,23H2,1-3H3/t18-/m0/s1. The Morgan fingerprint density at radius 2 is 2.07 bits per heavy atom. The van der Waals surface area contributed by atoms with Crippen LogP contribution in [0.15, 0.2) is 40.9 Å². The molecule has 1 amide bonds. The van der Waals surface area contributed by atoms with E-state index in [0.717, 1.165) is 18.4 Å². The van der Waals surface area contributed by atoms with Crippen molar-refractivity contribution in [2.45, 2.75) is 18.9 Å². The molecule has 4 rings (SSSR count). The highest BCUT2D eigenvalue weighted by molar-refractivity contribution is 5.77. The van der Waals surface area contributed by atoms with Crippen LogP contribution in [0.4, 0.5) is 5.69 Å². The molecule has 1 aromatic heterocycles. The van der Waals surface area contributed by atoms with Crippen LogP contribution in [0, 0.1) is 0 Å². The number of nitrogens with zero attached hydrogens (tertiary/aromatic N) is 4. The third-order valence-corrected chi connectivity index (χ3v) is 5.60. The molecule has 0 fully saturated rings. The second-order valence-corrected chi connectivity index (χ2v) is 7.83. The zero-order valence-corrected chi connectivity index (χ0v) is 17.3. The van der Waals surface area contributed by atoms with Crippen molar-refractivity contribution < 1.29 is 14.4 Å². The predicted octanol–water partition coefficient (Wildman–Crippen LogP) is 2.70. The number of hydrogen-bond acceptors (Lipinski definition) is 7. The van der Waals surface area contributed by atoms with Crippen LogP contribution in [0.2, 0.25) is 0 Å². The van der Waals surface area contributed by atoms with Crippen LogP contribution in [-0.4, -0.2) is 58.6 Å². The molecule has 30 heavy (non-hydrogen) atoms. The van der Waals surface area contributed by atoms with E-state index in [1.807, 2.05) is 19.2 Å². The van der Waals surface area contributed by atoms with Crippen molar-refractivity contribution in [3.8, 4) is 28.6 Å². The van der Waals surface area contributed by atoms with E-state index in [-0.39, 0.29) is 23.4 Å². The Morgan fingerprint density at radius 1 is 1.27 bits per heavy atom. The van der Waals surface area contributed by atoms with Crippen LogP contribution in [0.3, 0.4) is 0 Å². The first-order valence-corrected chi connectivity index (χ1v) is 9.80. The lowest BCUT2D eigenvalue weighted by molar-refractivity contribution is -0.130. The maximum Gasteiger partial charge on any atom is 0.258 e. The highest BCUT2D eigenvalue weighted by Crippen LogP contribution is 2.40. The van der Waals surface area contributed by atoms with E-state index in [4.69, 9.17) is 10.3 Å². The molecule has 0 radical (unpaired) electrons. The van der Waals surface area contributed by atoms with Gasteiger partial charge in [-0.3, -0.25) is 9.69 Å². The molecule has 0 saturated carbocycles. The van der Waals surface area contributed by atoms with Crippen molar-refractivity contribution in [3.63, 3.8) is 0 Å². The zero-order valence-electron chi connectivity index (χ0n) is 17.3. The monoisotopic (exact) mass is 407 g/mol. The summed E-state index contributed by atoms with van der Waals surface area (Å²) in [6.45, 7) is 0.371. The first-order chi connectivity index (χ1) is 14.3. The van der Waals surface area contributed by atoms with Gasteiger partial charge in [0.25, 0.3) is 5.89 Å². The largest absolute Gasteiger partial charge is 0.506 e. The predicted molar refractivity (Wildman–Crippen MR) is 114 cm³/mol. The number of benzene rings is 2. The Bertz CT molecular complexity index is 1090. The number of phenols is 1. The maximum absolute atomic E-state index is 12.1. The first-order valence-electron chi connectivity index (χ1n) is 9.80. The Labute approximate surface area is 174 Å². The molecule has 1 aliphatic carbocycles. The molecular weight excluding hydrogens is 382 g/mol. The van der Waals surface area contributed by atoms with Gasteiger partial charge in [-0.25, -0.2) is 0 Å². The Hall–Kier alpha value is -3.39. The van der Waals surface area contributed by atoms with Gasteiger partial charge in [-0.15, -0.1) is 0 Å².